The van der Waals surface area contributed by atoms with Crippen LogP contribution in [0.3, 0.4) is 0 Å². The lowest BCUT2D eigenvalue weighted by Gasteiger charge is -2.29. The maximum Gasteiger partial charge on any atom is 0.410 e. The summed E-state index contributed by atoms with van der Waals surface area (Å²) in [6.45, 7) is 2.77. The van der Waals surface area contributed by atoms with Crippen molar-refractivity contribution in [3.05, 3.63) is 77.3 Å². The highest BCUT2D eigenvalue weighted by atomic mass is 32.1. The number of carbonyl (C=O) groups excluding carboxylic acids is 3. The van der Waals surface area contributed by atoms with Crippen LogP contribution in [0.25, 0.3) is 0 Å². The molecular weight excluding hydrogens is 492 g/mol. The summed E-state index contributed by atoms with van der Waals surface area (Å²) in [5.41, 5.74) is 2.02. The molecule has 1 aromatic heterocycles. The van der Waals surface area contributed by atoms with Gasteiger partial charge in [-0.25, -0.2) is 9.78 Å². The SMILES string of the molecule is O=C(c1ccc(N(C(=O)C2CCCN2C(=O)OCc2ccccc2)c2nccs2)cc1)N1CCOCC1. The van der Waals surface area contributed by atoms with Crippen LogP contribution in [0.15, 0.2) is 66.2 Å². The quantitative estimate of drug-likeness (QED) is 0.486. The van der Waals surface area contributed by atoms with Crippen LogP contribution in [0.1, 0.15) is 28.8 Å². The molecule has 0 spiro atoms. The van der Waals surface area contributed by atoms with Crippen LogP contribution >= 0.6 is 11.3 Å². The summed E-state index contributed by atoms with van der Waals surface area (Å²) in [6.07, 6.45) is 2.37. The van der Waals surface area contributed by atoms with Crippen LogP contribution in [0.5, 0.6) is 0 Å². The Morgan fingerprint density at radius 2 is 1.78 bits per heavy atom. The van der Waals surface area contributed by atoms with Crippen molar-refractivity contribution in [3.8, 4) is 0 Å². The number of hydrogen-bond donors (Lipinski definition) is 0. The van der Waals surface area contributed by atoms with Crippen LogP contribution in [-0.4, -0.2) is 71.6 Å². The molecule has 2 aliphatic heterocycles. The Morgan fingerprint density at radius 1 is 1.03 bits per heavy atom. The minimum absolute atomic E-state index is 0.0647. The van der Waals surface area contributed by atoms with Gasteiger partial charge in [0.1, 0.15) is 12.6 Å². The zero-order chi connectivity index (χ0) is 25.6. The van der Waals surface area contributed by atoms with Gasteiger partial charge < -0.3 is 14.4 Å². The second kappa shape index (κ2) is 11.5. The molecule has 5 rings (SSSR count). The molecule has 1 atom stereocenters. The summed E-state index contributed by atoms with van der Waals surface area (Å²) in [5, 5.41) is 2.30. The lowest BCUT2D eigenvalue weighted by atomic mass is 10.1. The average molecular weight is 521 g/mol. The second-order valence-electron chi connectivity index (χ2n) is 8.83. The minimum Gasteiger partial charge on any atom is -0.445 e. The molecule has 192 valence electrons. The van der Waals surface area contributed by atoms with E-state index in [0.717, 1.165) is 5.56 Å². The molecule has 0 saturated carbocycles. The largest absolute Gasteiger partial charge is 0.445 e. The van der Waals surface area contributed by atoms with Gasteiger partial charge >= 0.3 is 6.09 Å². The molecule has 0 radical (unpaired) electrons. The molecule has 2 aliphatic rings. The summed E-state index contributed by atoms with van der Waals surface area (Å²) in [5.74, 6) is -0.318. The lowest BCUT2D eigenvalue weighted by Crippen LogP contribution is -2.46. The number of morpholine rings is 1. The van der Waals surface area contributed by atoms with Gasteiger partial charge in [-0.05, 0) is 42.7 Å². The van der Waals surface area contributed by atoms with Gasteiger partial charge in [-0.15, -0.1) is 11.3 Å². The summed E-state index contributed by atoms with van der Waals surface area (Å²) in [6, 6.07) is 15.7. The van der Waals surface area contributed by atoms with Gasteiger partial charge in [0.25, 0.3) is 11.8 Å². The van der Waals surface area contributed by atoms with Gasteiger partial charge in [-0.2, -0.15) is 0 Å². The first-order valence-corrected chi connectivity index (χ1v) is 13.2. The molecule has 0 aliphatic carbocycles. The number of thiazole rings is 1. The minimum atomic E-state index is -0.665. The predicted octanol–water partition coefficient (Wildman–Crippen LogP) is 4.08. The van der Waals surface area contributed by atoms with Crippen molar-refractivity contribution in [2.24, 2.45) is 0 Å². The molecule has 2 aromatic carbocycles. The molecule has 0 bridgehead atoms. The van der Waals surface area contributed by atoms with E-state index in [9.17, 15) is 14.4 Å². The van der Waals surface area contributed by atoms with E-state index >= 15 is 0 Å². The smallest absolute Gasteiger partial charge is 0.410 e. The molecule has 37 heavy (non-hydrogen) atoms. The number of rotatable bonds is 6. The van der Waals surface area contributed by atoms with E-state index in [-0.39, 0.29) is 18.4 Å². The van der Waals surface area contributed by atoms with Crippen LogP contribution in [0, 0.1) is 0 Å². The van der Waals surface area contributed by atoms with Crippen LogP contribution in [-0.2, 0) is 20.9 Å². The highest BCUT2D eigenvalue weighted by Gasteiger charge is 2.39. The fraction of sp³-hybridized carbons (Fsp3) is 0.333. The highest BCUT2D eigenvalue weighted by Crippen LogP contribution is 2.32. The van der Waals surface area contributed by atoms with Crippen molar-refractivity contribution in [1.82, 2.24) is 14.8 Å². The van der Waals surface area contributed by atoms with Crippen LogP contribution < -0.4 is 4.90 Å². The second-order valence-corrected chi connectivity index (χ2v) is 9.70. The number of benzene rings is 2. The average Bonchev–Trinajstić information content (AvgIpc) is 3.66. The van der Waals surface area contributed by atoms with Gasteiger partial charge in [0, 0.05) is 36.8 Å². The Hall–Kier alpha value is -3.76. The van der Waals surface area contributed by atoms with Crippen molar-refractivity contribution < 1.29 is 23.9 Å². The highest BCUT2D eigenvalue weighted by molar-refractivity contribution is 7.13. The van der Waals surface area contributed by atoms with Gasteiger partial charge in [0.05, 0.1) is 18.9 Å². The van der Waals surface area contributed by atoms with E-state index in [4.69, 9.17) is 9.47 Å². The molecule has 3 amide bonds. The fourth-order valence-corrected chi connectivity index (χ4v) is 5.22. The lowest BCUT2D eigenvalue weighted by molar-refractivity contribution is -0.121. The van der Waals surface area contributed by atoms with Crippen molar-refractivity contribution in [3.63, 3.8) is 0 Å². The first-order valence-electron chi connectivity index (χ1n) is 12.3. The maximum absolute atomic E-state index is 13.9. The summed E-state index contributed by atoms with van der Waals surface area (Å²) in [4.78, 5) is 48.8. The Bertz CT molecular complexity index is 1210. The normalized spacial score (nSPS) is 17.5. The third kappa shape index (κ3) is 5.65. The topological polar surface area (TPSA) is 92.3 Å². The van der Waals surface area contributed by atoms with Gasteiger partial charge in [-0.3, -0.25) is 19.4 Å². The number of amides is 3. The summed E-state index contributed by atoms with van der Waals surface area (Å²) >= 11 is 1.33. The van der Waals surface area contributed by atoms with E-state index in [1.54, 1.807) is 40.7 Å². The number of ether oxygens (including phenoxy) is 2. The third-order valence-corrected chi connectivity index (χ3v) is 7.24. The number of hydrogen-bond acceptors (Lipinski definition) is 7. The van der Waals surface area contributed by atoms with E-state index in [0.29, 0.717) is 62.1 Å². The number of likely N-dealkylation sites (tertiary alicyclic amines) is 1. The summed E-state index contributed by atoms with van der Waals surface area (Å²) < 4.78 is 10.9. The van der Waals surface area contributed by atoms with Crippen LogP contribution in [0.4, 0.5) is 15.6 Å². The first kappa shape index (κ1) is 24.9. The molecule has 2 fully saturated rings. The molecule has 3 aromatic rings. The van der Waals surface area contributed by atoms with Crippen molar-refractivity contribution in [1.29, 1.82) is 0 Å². The van der Waals surface area contributed by atoms with E-state index in [1.807, 2.05) is 30.3 Å². The van der Waals surface area contributed by atoms with Gasteiger partial charge in [-0.1, -0.05) is 30.3 Å². The Morgan fingerprint density at radius 3 is 2.49 bits per heavy atom. The molecule has 9 nitrogen and oxygen atoms in total. The third-order valence-electron chi connectivity index (χ3n) is 6.48. The fourth-order valence-electron chi connectivity index (χ4n) is 4.55. The van der Waals surface area contributed by atoms with Crippen LogP contribution in [0.2, 0.25) is 0 Å². The van der Waals surface area contributed by atoms with E-state index in [1.165, 1.54) is 21.1 Å². The van der Waals surface area contributed by atoms with E-state index < -0.39 is 12.1 Å². The molecule has 10 heteroatoms. The Kier molecular flexibility index (Phi) is 7.76. The van der Waals surface area contributed by atoms with E-state index in [2.05, 4.69) is 4.98 Å². The maximum atomic E-state index is 13.9. The zero-order valence-electron chi connectivity index (χ0n) is 20.3. The molecule has 3 heterocycles. The Balaban J connectivity index is 1.33. The standard InChI is InChI=1S/C27H28N4O5S/c32-24(29-14-16-35-17-15-29)21-8-10-22(11-9-21)31(26-28-12-18-37-26)25(33)23-7-4-13-30(23)27(34)36-19-20-5-2-1-3-6-20/h1-3,5-6,8-12,18,23H,4,7,13-17,19H2. The summed E-state index contributed by atoms with van der Waals surface area (Å²) in [7, 11) is 0. The molecular formula is C27H28N4O5S. The number of aromatic nitrogens is 1. The zero-order valence-corrected chi connectivity index (χ0v) is 21.1. The molecule has 2 saturated heterocycles. The van der Waals surface area contributed by atoms with Gasteiger partial charge in [0.2, 0.25) is 0 Å². The monoisotopic (exact) mass is 520 g/mol. The predicted molar refractivity (Wildman–Crippen MR) is 139 cm³/mol. The Labute approximate surface area is 219 Å². The number of anilines is 2. The number of carbonyl (C=O) groups is 3. The number of nitrogens with zero attached hydrogens (tertiary/aromatic N) is 4. The first-order chi connectivity index (χ1) is 18.1. The molecule has 0 N–H and O–H groups in total. The van der Waals surface area contributed by atoms with Crippen molar-refractivity contribution in [2.75, 3.05) is 37.7 Å². The van der Waals surface area contributed by atoms with Gasteiger partial charge in [0.15, 0.2) is 5.13 Å². The van der Waals surface area contributed by atoms with Crippen molar-refractivity contribution in [2.45, 2.75) is 25.5 Å². The molecule has 1 unspecified atom stereocenters. The van der Waals surface area contributed by atoms with Crippen molar-refractivity contribution >= 4 is 40.1 Å².